The summed E-state index contributed by atoms with van der Waals surface area (Å²) in [5, 5.41) is 7.77. The maximum Gasteiger partial charge on any atom is 0.249 e. The van der Waals surface area contributed by atoms with E-state index in [-0.39, 0.29) is 23.8 Å². The molecule has 1 aliphatic heterocycles. The van der Waals surface area contributed by atoms with E-state index in [0.717, 1.165) is 16.9 Å². The molecule has 0 aliphatic carbocycles. The number of rotatable bonds is 5. The number of aromatic nitrogens is 2. The zero-order valence-electron chi connectivity index (χ0n) is 16.3. The Kier molecular flexibility index (Phi) is 5.53. The lowest BCUT2D eigenvalue weighted by atomic mass is 9.95. The highest BCUT2D eigenvalue weighted by Gasteiger charge is 2.31. The van der Waals surface area contributed by atoms with Crippen molar-refractivity contribution < 1.29 is 14.1 Å². The van der Waals surface area contributed by atoms with Crippen molar-refractivity contribution in [3.63, 3.8) is 0 Å². The lowest BCUT2D eigenvalue weighted by Crippen LogP contribution is -2.40. The molecule has 2 heterocycles. The quantitative estimate of drug-likeness (QED) is 0.670. The largest absolute Gasteiger partial charge is 0.492 e. The molecule has 0 fully saturated rings. The molecule has 0 unspecified atom stereocenters. The number of hydrogen-bond acceptors (Lipinski definition) is 5. The van der Waals surface area contributed by atoms with E-state index < -0.39 is 0 Å². The van der Waals surface area contributed by atoms with Crippen LogP contribution >= 0.6 is 11.6 Å². The topological polar surface area (TPSA) is 77.2 Å². The summed E-state index contributed by atoms with van der Waals surface area (Å²) in [6.07, 6.45) is 0.575. The molecule has 0 bridgehead atoms. The standard InChI is InChI=1S/C22H22ClN3O3/c1-13(2)19(22-25-20(26-29-22)14-6-4-3-5-7-14)24-21(27)16-10-15-11-17(23)8-9-18(15)28-12-16/h3-9,11,13,16,19H,10,12H2,1-2H3,(H,24,27)/t16-,19+/m0/s1. The smallest absolute Gasteiger partial charge is 0.249 e. The Morgan fingerprint density at radius 1 is 1.21 bits per heavy atom. The predicted molar refractivity (Wildman–Crippen MR) is 110 cm³/mol. The average molecular weight is 412 g/mol. The normalized spacial score (nSPS) is 16.8. The summed E-state index contributed by atoms with van der Waals surface area (Å²) in [6.45, 7) is 4.33. The Bertz CT molecular complexity index is 1000. The maximum atomic E-state index is 12.9. The lowest BCUT2D eigenvalue weighted by Gasteiger charge is -2.27. The van der Waals surface area contributed by atoms with Crippen molar-refractivity contribution in [3.8, 4) is 17.1 Å². The van der Waals surface area contributed by atoms with Crippen molar-refractivity contribution >= 4 is 17.5 Å². The number of hydrogen-bond donors (Lipinski definition) is 1. The van der Waals surface area contributed by atoms with Gasteiger partial charge in [0.15, 0.2) is 0 Å². The number of carbonyl (C=O) groups is 1. The number of nitrogens with zero attached hydrogens (tertiary/aromatic N) is 2. The highest BCUT2D eigenvalue weighted by Crippen LogP contribution is 2.31. The third kappa shape index (κ3) is 4.27. The second kappa shape index (κ2) is 8.25. The average Bonchev–Trinajstić information content (AvgIpc) is 3.21. The van der Waals surface area contributed by atoms with Crippen LogP contribution in [-0.2, 0) is 11.2 Å². The van der Waals surface area contributed by atoms with Crippen LogP contribution in [0.2, 0.25) is 5.02 Å². The van der Waals surface area contributed by atoms with Crippen LogP contribution in [-0.4, -0.2) is 22.7 Å². The Labute approximate surface area is 174 Å². The summed E-state index contributed by atoms with van der Waals surface area (Å²) in [7, 11) is 0. The molecule has 7 heteroatoms. The highest BCUT2D eigenvalue weighted by atomic mass is 35.5. The molecule has 0 radical (unpaired) electrons. The van der Waals surface area contributed by atoms with Gasteiger partial charge in [-0.1, -0.05) is 60.9 Å². The third-order valence-corrected chi connectivity index (χ3v) is 5.24. The van der Waals surface area contributed by atoms with E-state index in [1.54, 1.807) is 6.07 Å². The monoisotopic (exact) mass is 411 g/mol. The molecule has 0 saturated carbocycles. The van der Waals surface area contributed by atoms with Crippen LogP contribution in [0, 0.1) is 11.8 Å². The van der Waals surface area contributed by atoms with Gasteiger partial charge in [-0.3, -0.25) is 4.79 Å². The highest BCUT2D eigenvalue weighted by molar-refractivity contribution is 6.30. The van der Waals surface area contributed by atoms with Gasteiger partial charge in [0.25, 0.3) is 0 Å². The van der Waals surface area contributed by atoms with Crippen LogP contribution in [0.3, 0.4) is 0 Å². The maximum absolute atomic E-state index is 12.9. The minimum absolute atomic E-state index is 0.0780. The SMILES string of the molecule is CC(C)[C@@H](NC(=O)[C@@H]1COc2ccc(Cl)cc2C1)c1nc(-c2ccccc2)no1. The fraction of sp³-hybridized carbons (Fsp3) is 0.318. The minimum Gasteiger partial charge on any atom is -0.492 e. The summed E-state index contributed by atoms with van der Waals surface area (Å²) in [4.78, 5) is 17.5. The van der Waals surface area contributed by atoms with Crippen molar-refractivity contribution in [2.75, 3.05) is 6.61 Å². The van der Waals surface area contributed by atoms with E-state index in [4.69, 9.17) is 20.9 Å². The summed E-state index contributed by atoms with van der Waals surface area (Å²) in [6, 6.07) is 14.7. The number of carbonyl (C=O) groups excluding carboxylic acids is 1. The first-order chi connectivity index (χ1) is 14.0. The fourth-order valence-electron chi connectivity index (χ4n) is 3.38. The number of fused-ring (bicyclic) bond motifs is 1. The summed E-state index contributed by atoms with van der Waals surface area (Å²) >= 11 is 6.08. The van der Waals surface area contributed by atoms with Gasteiger partial charge in [-0.15, -0.1) is 0 Å². The van der Waals surface area contributed by atoms with E-state index in [9.17, 15) is 4.79 Å². The van der Waals surface area contributed by atoms with E-state index in [1.165, 1.54) is 0 Å². The molecule has 1 aromatic heterocycles. The molecule has 4 rings (SSSR count). The van der Waals surface area contributed by atoms with Gasteiger partial charge < -0.3 is 14.6 Å². The molecular weight excluding hydrogens is 390 g/mol. The first kappa shape index (κ1) is 19.5. The first-order valence-corrected chi connectivity index (χ1v) is 9.99. The molecule has 29 heavy (non-hydrogen) atoms. The number of amides is 1. The second-order valence-electron chi connectivity index (χ2n) is 7.52. The molecule has 6 nitrogen and oxygen atoms in total. The van der Waals surface area contributed by atoms with Gasteiger partial charge in [0, 0.05) is 10.6 Å². The first-order valence-electron chi connectivity index (χ1n) is 9.62. The number of nitrogens with one attached hydrogen (secondary N) is 1. The third-order valence-electron chi connectivity index (χ3n) is 5.00. The van der Waals surface area contributed by atoms with Crippen LogP contribution in [0.4, 0.5) is 0 Å². The number of halogens is 1. The van der Waals surface area contributed by atoms with Crippen molar-refractivity contribution in [3.05, 3.63) is 65.0 Å². The number of ether oxygens (including phenoxy) is 1. The summed E-state index contributed by atoms with van der Waals surface area (Å²) in [5.74, 6) is 1.35. The molecule has 150 valence electrons. The van der Waals surface area contributed by atoms with Crippen LogP contribution in [0.25, 0.3) is 11.4 Å². The molecule has 1 aliphatic rings. The number of benzene rings is 2. The van der Waals surface area contributed by atoms with Crippen LogP contribution in [0.1, 0.15) is 31.3 Å². The molecule has 3 aromatic rings. The van der Waals surface area contributed by atoms with Crippen LogP contribution in [0.5, 0.6) is 5.75 Å². The van der Waals surface area contributed by atoms with Crippen molar-refractivity contribution in [2.24, 2.45) is 11.8 Å². The fourth-order valence-corrected chi connectivity index (χ4v) is 3.58. The minimum atomic E-state index is -0.381. The van der Waals surface area contributed by atoms with E-state index in [1.807, 2.05) is 56.3 Å². The van der Waals surface area contributed by atoms with E-state index >= 15 is 0 Å². The van der Waals surface area contributed by atoms with Crippen molar-refractivity contribution in [1.29, 1.82) is 0 Å². The Morgan fingerprint density at radius 2 is 2.00 bits per heavy atom. The van der Waals surface area contributed by atoms with Crippen LogP contribution in [0.15, 0.2) is 53.1 Å². The zero-order valence-corrected chi connectivity index (χ0v) is 17.0. The van der Waals surface area contributed by atoms with Gasteiger partial charge in [0.2, 0.25) is 17.6 Å². The Morgan fingerprint density at radius 3 is 2.76 bits per heavy atom. The van der Waals surface area contributed by atoms with Gasteiger partial charge in [-0.05, 0) is 36.1 Å². The predicted octanol–water partition coefficient (Wildman–Crippen LogP) is 4.45. The van der Waals surface area contributed by atoms with E-state index in [0.29, 0.717) is 29.8 Å². The zero-order chi connectivity index (χ0) is 20.4. The van der Waals surface area contributed by atoms with Crippen LogP contribution < -0.4 is 10.1 Å². The molecule has 0 spiro atoms. The molecule has 2 atom stereocenters. The van der Waals surface area contributed by atoms with Gasteiger partial charge in [-0.2, -0.15) is 4.98 Å². The summed E-state index contributed by atoms with van der Waals surface area (Å²) < 4.78 is 11.2. The van der Waals surface area contributed by atoms with Gasteiger partial charge in [-0.25, -0.2) is 0 Å². The molecular formula is C22H22ClN3O3. The molecule has 2 aromatic carbocycles. The Hall–Kier alpha value is -2.86. The second-order valence-corrected chi connectivity index (χ2v) is 7.95. The molecule has 1 N–H and O–H groups in total. The van der Waals surface area contributed by atoms with Gasteiger partial charge in [0.05, 0.1) is 5.92 Å². The van der Waals surface area contributed by atoms with Gasteiger partial charge in [0.1, 0.15) is 18.4 Å². The van der Waals surface area contributed by atoms with Crippen molar-refractivity contribution in [1.82, 2.24) is 15.5 Å². The lowest BCUT2D eigenvalue weighted by molar-refractivity contribution is -0.127. The molecule has 0 saturated heterocycles. The summed E-state index contributed by atoms with van der Waals surface area (Å²) in [5.41, 5.74) is 1.81. The Balaban J connectivity index is 1.49. The van der Waals surface area contributed by atoms with E-state index in [2.05, 4.69) is 15.5 Å². The van der Waals surface area contributed by atoms with Gasteiger partial charge >= 0.3 is 0 Å². The van der Waals surface area contributed by atoms with Crippen molar-refractivity contribution in [2.45, 2.75) is 26.3 Å². The molecule has 1 amide bonds.